The number of aromatic nitrogens is 6. The molecule has 1 aliphatic rings. The van der Waals surface area contributed by atoms with Crippen molar-refractivity contribution in [3.8, 4) is 11.1 Å². The second-order valence-corrected chi connectivity index (χ2v) is 8.10. The molecule has 1 N–H and O–H groups in total. The number of aryl methyl sites for hydroxylation is 3. The predicted molar refractivity (Wildman–Crippen MR) is 117 cm³/mol. The Kier molecular flexibility index (Phi) is 4.47. The van der Waals surface area contributed by atoms with E-state index >= 15 is 0 Å². The Morgan fingerprint density at radius 1 is 1.16 bits per heavy atom. The molecule has 1 aliphatic carbocycles. The summed E-state index contributed by atoms with van der Waals surface area (Å²) in [5.74, 6) is -0.393. The van der Waals surface area contributed by atoms with Crippen LogP contribution >= 0.6 is 0 Å². The maximum absolute atomic E-state index is 14.8. The molecule has 0 spiro atoms. The van der Waals surface area contributed by atoms with Gasteiger partial charge in [0.1, 0.15) is 17.2 Å². The Labute approximate surface area is 181 Å². The molecular formula is C22H21F2N7O. The standard InChI is InChI=1S/C22H21F2N7O/c1-11-5-14(13-8-26-29(3)10-13)16(24)6-17(11)27-21-25-9-19-20(28-21)31(22(32)30(19)4)18-7-15(23)12(18)2/h5-6,8-10,18H,7H2,1-4H3,(H,25,27,28). The van der Waals surface area contributed by atoms with Gasteiger partial charge in [0, 0.05) is 43.5 Å². The summed E-state index contributed by atoms with van der Waals surface area (Å²) >= 11 is 0. The largest absolute Gasteiger partial charge is 0.330 e. The Morgan fingerprint density at radius 2 is 1.94 bits per heavy atom. The SMILES string of the molecule is CC1=C(F)CC1n1c(=O)n(C)c2cnc(Nc3cc(F)c(-c4cnn(C)c4)cc3C)nc21. The van der Waals surface area contributed by atoms with Crippen LogP contribution in [0.25, 0.3) is 22.3 Å². The third-order valence-corrected chi connectivity index (χ3v) is 6.02. The maximum atomic E-state index is 14.8. The summed E-state index contributed by atoms with van der Waals surface area (Å²) in [7, 11) is 3.40. The molecule has 1 unspecified atom stereocenters. The molecule has 0 saturated carbocycles. The van der Waals surface area contributed by atoms with Crippen LogP contribution in [0, 0.1) is 12.7 Å². The summed E-state index contributed by atoms with van der Waals surface area (Å²) in [6.45, 7) is 3.52. The molecule has 3 aromatic heterocycles. The number of imidazole rings is 1. The van der Waals surface area contributed by atoms with Crippen LogP contribution in [-0.2, 0) is 14.1 Å². The molecule has 10 heteroatoms. The van der Waals surface area contributed by atoms with Gasteiger partial charge in [0.05, 0.1) is 18.4 Å². The van der Waals surface area contributed by atoms with Crippen molar-refractivity contribution in [1.82, 2.24) is 28.9 Å². The van der Waals surface area contributed by atoms with E-state index in [1.165, 1.54) is 21.4 Å². The van der Waals surface area contributed by atoms with E-state index in [-0.39, 0.29) is 29.9 Å². The van der Waals surface area contributed by atoms with Crippen molar-refractivity contribution in [1.29, 1.82) is 0 Å². The minimum absolute atomic E-state index is 0.164. The van der Waals surface area contributed by atoms with Crippen molar-refractivity contribution >= 4 is 22.8 Å². The van der Waals surface area contributed by atoms with Gasteiger partial charge in [-0.15, -0.1) is 0 Å². The first-order chi connectivity index (χ1) is 15.2. The second-order valence-electron chi connectivity index (χ2n) is 8.10. The summed E-state index contributed by atoms with van der Waals surface area (Å²) in [5.41, 5.74) is 3.60. The number of hydrogen-bond donors (Lipinski definition) is 1. The average molecular weight is 437 g/mol. The van der Waals surface area contributed by atoms with Crippen molar-refractivity contribution < 1.29 is 8.78 Å². The lowest BCUT2D eigenvalue weighted by molar-refractivity contribution is 0.405. The summed E-state index contributed by atoms with van der Waals surface area (Å²) in [4.78, 5) is 21.6. The van der Waals surface area contributed by atoms with E-state index in [9.17, 15) is 13.6 Å². The molecule has 0 amide bonds. The first-order valence-corrected chi connectivity index (χ1v) is 10.1. The van der Waals surface area contributed by atoms with Crippen molar-refractivity contribution in [2.24, 2.45) is 14.1 Å². The Balaban J connectivity index is 1.54. The highest BCUT2D eigenvalue weighted by Gasteiger charge is 2.32. The van der Waals surface area contributed by atoms with Crippen LogP contribution in [0.1, 0.15) is 24.9 Å². The molecule has 164 valence electrons. The zero-order chi connectivity index (χ0) is 22.7. The van der Waals surface area contributed by atoms with Crippen LogP contribution in [0.5, 0.6) is 0 Å². The summed E-state index contributed by atoms with van der Waals surface area (Å²) < 4.78 is 33.0. The molecule has 5 rings (SSSR count). The Bertz CT molecular complexity index is 1480. The van der Waals surface area contributed by atoms with Gasteiger partial charge in [0.2, 0.25) is 5.95 Å². The molecule has 0 radical (unpaired) electrons. The van der Waals surface area contributed by atoms with Crippen LogP contribution in [0.3, 0.4) is 0 Å². The van der Waals surface area contributed by atoms with Gasteiger partial charge in [-0.3, -0.25) is 13.8 Å². The van der Waals surface area contributed by atoms with E-state index in [1.807, 2.05) is 6.92 Å². The van der Waals surface area contributed by atoms with E-state index < -0.39 is 5.82 Å². The lowest BCUT2D eigenvalue weighted by Crippen LogP contribution is -2.30. The second kappa shape index (κ2) is 7.11. The first kappa shape index (κ1) is 20.1. The number of hydrogen-bond acceptors (Lipinski definition) is 5. The molecule has 8 nitrogen and oxygen atoms in total. The molecule has 3 heterocycles. The molecule has 1 atom stereocenters. The van der Waals surface area contributed by atoms with Crippen LogP contribution in [0.4, 0.5) is 20.4 Å². The van der Waals surface area contributed by atoms with Crippen molar-refractivity contribution in [2.75, 3.05) is 5.32 Å². The maximum Gasteiger partial charge on any atom is 0.330 e. The van der Waals surface area contributed by atoms with E-state index in [1.54, 1.807) is 44.2 Å². The molecule has 0 saturated heterocycles. The number of nitrogens with zero attached hydrogens (tertiary/aromatic N) is 6. The van der Waals surface area contributed by atoms with E-state index in [0.29, 0.717) is 33.6 Å². The molecule has 0 fully saturated rings. The van der Waals surface area contributed by atoms with Crippen LogP contribution in [0.15, 0.2) is 46.9 Å². The number of rotatable bonds is 4. The fourth-order valence-corrected chi connectivity index (χ4v) is 4.01. The van der Waals surface area contributed by atoms with E-state index in [4.69, 9.17) is 0 Å². The summed E-state index contributed by atoms with van der Waals surface area (Å²) in [5, 5.41) is 7.14. The van der Waals surface area contributed by atoms with E-state index in [2.05, 4.69) is 20.4 Å². The van der Waals surface area contributed by atoms with E-state index in [0.717, 1.165) is 5.56 Å². The summed E-state index contributed by atoms with van der Waals surface area (Å²) in [6.07, 6.45) is 5.05. The number of benzene rings is 1. The molecule has 1 aromatic carbocycles. The zero-order valence-electron chi connectivity index (χ0n) is 18.0. The highest BCUT2D eigenvalue weighted by atomic mass is 19.1. The third kappa shape index (κ3) is 3.02. The van der Waals surface area contributed by atoms with Gasteiger partial charge in [-0.05, 0) is 37.1 Å². The Morgan fingerprint density at radius 3 is 2.59 bits per heavy atom. The highest BCUT2D eigenvalue weighted by Crippen LogP contribution is 2.39. The van der Waals surface area contributed by atoms with Crippen LogP contribution < -0.4 is 11.0 Å². The number of halogens is 2. The molecule has 0 aliphatic heterocycles. The first-order valence-electron chi connectivity index (χ1n) is 10.1. The van der Waals surface area contributed by atoms with Gasteiger partial charge in [-0.2, -0.15) is 10.1 Å². The number of nitrogens with one attached hydrogen (secondary N) is 1. The molecule has 4 aromatic rings. The minimum atomic E-state index is -0.408. The normalized spacial score (nSPS) is 16.0. The fraction of sp³-hybridized carbons (Fsp3) is 0.273. The molecule has 32 heavy (non-hydrogen) atoms. The van der Waals surface area contributed by atoms with Gasteiger partial charge in [0.25, 0.3) is 0 Å². The van der Waals surface area contributed by atoms with Crippen molar-refractivity contribution in [3.05, 3.63) is 64.0 Å². The monoisotopic (exact) mass is 437 g/mol. The predicted octanol–water partition coefficient (Wildman–Crippen LogP) is 3.91. The molecule has 0 bridgehead atoms. The highest BCUT2D eigenvalue weighted by molar-refractivity contribution is 5.74. The smallest absolute Gasteiger partial charge is 0.324 e. The van der Waals surface area contributed by atoms with Gasteiger partial charge in [0.15, 0.2) is 5.65 Å². The fourth-order valence-electron chi connectivity index (χ4n) is 4.01. The van der Waals surface area contributed by atoms with Gasteiger partial charge < -0.3 is 5.32 Å². The van der Waals surface area contributed by atoms with Crippen molar-refractivity contribution in [2.45, 2.75) is 26.3 Å². The quantitative estimate of drug-likeness (QED) is 0.524. The van der Waals surface area contributed by atoms with Crippen LogP contribution in [-0.4, -0.2) is 28.9 Å². The van der Waals surface area contributed by atoms with Crippen LogP contribution in [0.2, 0.25) is 0 Å². The van der Waals surface area contributed by atoms with Crippen molar-refractivity contribution in [3.63, 3.8) is 0 Å². The summed E-state index contributed by atoms with van der Waals surface area (Å²) in [6, 6.07) is 2.75. The lowest BCUT2D eigenvalue weighted by Gasteiger charge is -2.27. The number of allylic oxidation sites excluding steroid dienone is 2. The number of fused-ring (bicyclic) bond motifs is 1. The third-order valence-electron chi connectivity index (χ3n) is 6.02. The molecular weight excluding hydrogens is 416 g/mol. The minimum Gasteiger partial charge on any atom is -0.324 e. The average Bonchev–Trinajstić information content (AvgIpc) is 3.30. The van der Waals surface area contributed by atoms with Gasteiger partial charge in [-0.1, -0.05) is 0 Å². The topological polar surface area (TPSA) is 82.6 Å². The lowest BCUT2D eigenvalue weighted by atomic mass is 9.92. The van der Waals surface area contributed by atoms with Gasteiger partial charge >= 0.3 is 5.69 Å². The number of anilines is 2. The zero-order valence-corrected chi connectivity index (χ0v) is 18.0. The van der Waals surface area contributed by atoms with Gasteiger partial charge in [-0.25, -0.2) is 18.6 Å². The Hall–Kier alpha value is -3.82.